The van der Waals surface area contributed by atoms with Gasteiger partial charge in [0.05, 0.1) is 7.11 Å². The van der Waals surface area contributed by atoms with E-state index in [0.29, 0.717) is 5.76 Å². The van der Waals surface area contributed by atoms with E-state index in [1.54, 1.807) is 7.11 Å². The maximum atomic E-state index is 10.7. The molecule has 1 aliphatic rings. The summed E-state index contributed by atoms with van der Waals surface area (Å²) in [5, 5.41) is 10.7. The van der Waals surface area contributed by atoms with Crippen LogP contribution in [0.15, 0.2) is 24.0 Å². The van der Waals surface area contributed by atoms with Gasteiger partial charge in [-0.15, -0.1) is 0 Å². The summed E-state index contributed by atoms with van der Waals surface area (Å²) >= 11 is 0. The lowest BCUT2D eigenvalue weighted by Crippen LogP contribution is -2.24. The van der Waals surface area contributed by atoms with Gasteiger partial charge in [0, 0.05) is 12.5 Å². The van der Waals surface area contributed by atoms with Gasteiger partial charge in [-0.25, -0.2) is 0 Å². The van der Waals surface area contributed by atoms with Gasteiger partial charge in [0.1, 0.15) is 11.9 Å². The molecule has 1 aliphatic heterocycles. The van der Waals surface area contributed by atoms with Crippen LogP contribution in [0.3, 0.4) is 0 Å². The number of hydrogen-bond donors (Lipinski definition) is 1. The first-order valence-electron chi connectivity index (χ1n) is 9.01. The number of likely N-dealkylation sites (N-methyl/N-ethyl adjacent to an activating group) is 1. The summed E-state index contributed by atoms with van der Waals surface area (Å²) in [5.41, 5.74) is 2.27. The van der Waals surface area contributed by atoms with Crippen molar-refractivity contribution in [2.45, 2.75) is 45.6 Å². The Balaban J connectivity index is 2.28. The minimum atomic E-state index is -0.692. The van der Waals surface area contributed by atoms with E-state index < -0.39 is 6.10 Å². The highest BCUT2D eigenvalue weighted by Crippen LogP contribution is 2.39. The molecule has 5 heteroatoms. The molecule has 25 heavy (non-hydrogen) atoms. The van der Waals surface area contributed by atoms with E-state index in [-0.39, 0.29) is 12.7 Å². The minimum Gasteiger partial charge on any atom is -0.499 e. The summed E-state index contributed by atoms with van der Waals surface area (Å²) in [6.45, 7) is 8.36. The summed E-state index contributed by atoms with van der Waals surface area (Å²) in [5.74, 6) is 2.02. The monoisotopic (exact) mass is 349 g/mol. The summed E-state index contributed by atoms with van der Waals surface area (Å²) in [6, 6.07) is 4.07. The lowest BCUT2D eigenvalue weighted by molar-refractivity contribution is 0.110. The van der Waals surface area contributed by atoms with Gasteiger partial charge in [-0.1, -0.05) is 13.8 Å². The zero-order valence-corrected chi connectivity index (χ0v) is 16.0. The third kappa shape index (κ3) is 4.67. The molecule has 5 nitrogen and oxygen atoms in total. The number of hydrogen-bond acceptors (Lipinski definition) is 5. The number of methoxy groups -OCH3 is 1. The van der Waals surface area contributed by atoms with Crippen LogP contribution in [-0.2, 0) is 11.2 Å². The van der Waals surface area contributed by atoms with Crippen molar-refractivity contribution >= 4 is 0 Å². The maximum absolute atomic E-state index is 10.7. The molecule has 1 N–H and O–H groups in total. The third-order valence-corrected chi connectivity index (χ3v) is 4.78. The first-order valence-corrected chi connectivity index (χ1v) is 9.01. The molecule has 2 atom stereocenters. The van der Waals surface area contributed by atoms with Gasteiger partial charge in [-0.2, -0.15) is 0 Å². The van der Waals surface area contributed by atoms with Crippen LogP contribution in [0, 0.1) is 0 Å². The van der Waals surface area contributed by atoms with Gasteiger partial charge in [0.15, 0.2) is 11.5 Å². The Kier molecular flexibility index (Phi) is 7.14. The third-order valence-electron chi connectivity index (χ3n) is 4.78. The predicted molar refractivity (Wildman–Crippen MR) is 99.2 cm³/mol. The zero-order chi connectivity index (χ0) is 18.4. The SMILES string of the molecule is C/C=C(/OC)C(O)C(C)c1cc2c(cc1CCN(C)CCC)OCO2. The quantitative estimate of drug-likeness (QED) is 0.693. The van der Waals surface area contributed by atoms with Gasteiger partial charge >= 0.3 is 0 Å². The average Bonchev–Trinajstić information content (AvgIpc) is 3.07. The van der Waals surface area contributed by atoms with Crippen molar-refractivity contribution in [2.75, 3.05) is 34.0 Å². The molecule has 0 radical (unpaired) electrons. The fourth-order valence-corrected chi connectivity index (χ4v) is 3.27. The molecule has 1 aromatic rings. The Morgan fingerprint density at radius 3 is 2.60 bits per heavy atom. The van der Waals surface area contributed by atoms with Crippen LogP contribution in [0.1, 0.15) is 44.2 Å². The molecule has 140 valence electrons. The predicted octanol–water partition coefficient (Wildman–Crippen LogP) is 3.31. The molecule has 1 heterocycles. The number of ether oxygens (including phenoxy) is 3. The second kappa shape index (κ2) is 9.11. The van der Waals surface area contributed by atoms with E-state index >= 15 is 0 Å². The van der Waals surface area contributed by atoms with Crippen LogP contribution in [0.2, 0.25) is 0 Å². The Bertz CT molecular complexity index is 600. The van der Waals surface area contributed by atoms with Crippen LogP contribution in [0.4, 0.5) is 0 Å². The van der Waals surface area contributed by atoms with Crippen molar-refractivity contribution in [3.63, 3.8) is 0 Å². The van der Waals surface area contributed by atoms with Crippen molar-refractivity contribution < 1.29 is 19.3 Å². The molecule has 2 unspecified atom stereocenters. The molecule has 0 amide bonds. The Morgan fingerprint density at radius 2 is 2.00 bits per heavy atom. The van der Waals surface area contributed by atoms with Crippen LogP contribution in [-0.4, -0.2) is 50.2 Å². The molecule has 0 aromatic heterocycles. The highest BCUT2D eigenvalue weighted by Gasteiger charge is 2.26. The van der Waals surface area contributed by atoms with E-state index in [1.807, 2.05) is 26.0 Å². The van der Waals surface area contributed by atoms with E-state index in [2.05, 4.69) is 24.9 Å². The van der Waals surface area contributed by atoms with Crippen LogP contribution >= 0.6 is 0 Å². The normalized spacial score (nSPS) is 16.2. The van der Waals surface area contributed by atoms with Crippen molar-refractivity contribution in [1.29, 1.82) is 0 Å². The van der Waals surface area contributed by atoms with Gasteiger partial charge in [-0.3, -0.25) is 0 Å². The van der Waals surface area contributed by atoms with Crippen molar-refractivity contribution in [2.24, 2.45) is 0 Å². The molecule has 0 fully saturated rings. The molecule has 0 saturated carbocycles. The molecule has 1 aromatic carbocycles. The second-order valence-corrected chi connectivity index (χ2v) is 6.59. The Morgan fingerprint density at radius 1 is 1.32 bits per heavy atom. The standard InChI is InChI=1S/C20H31NO4/c1-6-9-21(4)10-8-15-11-18-19(25-13-24-18)12-16(15)14(3)20(22)17(7-2)23-5/h7,11-12,14,20,22H,6,8-10,13H2,1-5H3/b17-7+. The van der Waals surface area contributed by atoms with Crippen molar-refractivity contribution in [3.05, 3.63) is 35.1 Å². The van der Waals surface area contributed by atoms with Crippen molar-refractivity contribution in [3.8, 4) is 11.5 Å². The molecular weight excluding hydrogens is 318 g/mol. The lowest BCUT2D eigenvalue weighted by atomic mass is 9.88. The van der Waals surface area contributed by atoms with Crippen LogP contribution in [0.25, 0.3) is 0 Å². The topological polar surface area (TPSA) is 51.2 Å². The fraction of sp³-hybridized carbons (Fsp3) is 0.600. The number of rotatable bonds is 9. The number of allylic oxidation sites excluding steroid dienone is 1. The Labute approximate surface area is 151 Å². The number of aliphatic hydroxyl groups excluding tert-OH is 1. The maximum Gasteiger partial charge on any atom is 0.231 e. The summed E-state index contributed by atoms with van der Waals surface area (Å²) in [6.07, 6.45) is 3.15. The number of aliphatic hydroxyl groups is 1. The summed E-state index contributed by atoms with van der Waals surface area (Å²) < 4.78 is 16.4. The largest absolute Gasteiger partial charge is 0.499 e. The van der Waals surface area contributed by atoms with E-state index in [0.717, 1.165) is 43.0 Å². The fourth-order valence-electron chi connectivity index (χ4n) is 3.27. The molecule has 0 spiro atoms. The summed E-state index contributed by atoms with van der Waals surface area (Å²) in [4.78, 5) is 2.32. The number of nitrogens with zero attached hydrogens (tertiary/aromatic N) is 1. The van der Waals surface area contributed by atoms with Gasteiger partial charge in [-0.05, 0) is 62.7 Å². The molecule has 2 rings (SSSR count). The van der Waals surface area contributed by atoms with Gasteiger partial charge in [0.25, 0.3) is 0 Å². The van der Waals surface area contributed by atoms with Gasteiger partial charge < -0.3 is 24.2 Å². The Hall–Kier alpha value is -1.72. The van der Waals surface area contributed by atoms with Crippen molar-refractivity contribution in [1.82, 2.24) is 4.90 Å². The first-order chi connectivity index (χ1) is 12.0. The van der Waals surface area contributed by atoms with Gasteiger partial charge in [0.2, 0.25) is 6.79 Å². The van der Waals surface area contributed by atoms with Crippen LogP contribution < -0.4 is 9.47 Å². The molecular formula is C20H31NO4. The van der Waals surface area contributed by atoms with Crippen LogP contribution in [0.5, 0.6) is 11.5 Å². The molecule has 0 bridgehead atoms. The second-order valence-electron chi connectivity index (χ2n) is 6.59. The molecule has 0 saturated heterocycles. The molecule has 0 aliphatic carbocycles. The summed E-state index contributed by atoms with van der Waals surface area (Å²) in [7, 11) is 3.73. The number of fused-ring (bicyclic) bond motifs is 1. The highest BCUT2D eigenvalue weighted by atomic mass is 16.7. The number of benzene rings is 1. The van der Waals surface area contributed by atoms with E-state index in [9.17, 15) is 5.11 Å². The zero-order valence-electron chi connectivity index (χ0n) is 16.0. The smallest absolute Gasteiger partial charge is 0.231 e. The van der Waals surface area contributed by atoms with E-state index in [1.165, 1.54) is 5.56 Å². The average molecular weight is 349 g/mol. The first kappa shape index (κ1) is 19.6. The highest BCUT2D eigenvalue weighted by molar-refractivity contribution is 5.50. The minimum absolute atomic E-state index is 0.105. The van der Waals surface area contributed by atoms with E-state index in [4.69, 9.17) is 14.2 Å². The lowest BCUT2D eigenvalue weighted by Gasteiger charge is -2.24.